The Kier molecular flexibility index (Phi) is 5.50. The number of anilines is 1. The van der Waals surface area contributed by atoms with Gasteiger partial charge in [-0.05, 0) is 56.9 Å². The minimum absolute atomic E-state index is 0.219. The number of hydrogen-bond acceptors (Lipinski definition) is 4. The standard InChI is InChI=1S/C23H30N4O2/c1-15-8-7-9-18(24-15)21(28)25-20-12-16-14-27(11-10-22(2,3)4)26-19(16)13-17(20)23(5,6)29/h7-9,12-14,29H,10-11H2,1-6H3,(H,25,28). The van der Waals surface area contributed by atoms with Crippen LogP contribution in [-0.2, 0) is 12.1 Å². The lowest BCUT2D eigenvalue weighted by atomic mass is 9.92. The zero-order chi connectivity index (χ0) is 21.4. The number of aromatic nitrogens is 3. The van der Waals surface area contributed by atoms with Gasteiger partial charge < -0.3 is 10.4 Å². The van der Waals surface area contributed by atoms with Crippen LogP contribution >= 0.6 is 0 Å². The summed E-state index contributed by atoms with van der Waals surface area (Å²) in [6.07, 6.45) is 2.98. The first kappa shape index (κ1) is 21.0. The van der Waals surface area contributed by atoms with Crippen LogP contribution in [-0.4, -0.2) is 25.8 Å². The van der Waals surface area contributed by atoms with Gasteiger partial charge in [0.25, 0.3) is 5.91 Å². The second kappa shape index (κ2) is 7.59. The van der Waals surface area contributed by atoms with E-state index in [9.17, 15) is 9.90 Å². The molecule has 2 N–H and O–H groups in total. The number of carbonyl (C=O) groups excluding carboxylic acids is 1. The third-order valence-corrected chi connectivity index (χ3v) is 4.81. The van der Waals surface area contributed by atoms with Crippen molar-refractivity contribution in [3.05, 3.63) is 53.5 Å². The number of nitrogens with one attached hydrogen (secondary N) is 1. The second-order valence-electron chi connectivity index (χ2n) is 9.34. The van der Waals surface area contributed by atoms with Gasteiger partial charge in [0.1, 0.15) is 5.69 Å². The highest BCUT2D eigenvalue weighted by Crippen LogP contribution is 2.32. The molecule has 6 heteroatoms. The van der Waals surface area contributed by atoms with Crippen molar-refractivity contribution in [2.75, 3.05) is 5.32 Å². The third-order valence-electron chi connectivity index (χ3n) is 4.81. The average molecular weight is 395 g/mol. The summed E-state index contributed by atoms with van der Waals surface area (Å²) in [5, 5.41) is 19.2. The number of aryl methyl sites for hydroxylation is 2. The normalized spacial score (nSPS) is 12.4. The summed E-state index contributed by atoms with van der Waals surface area (Å²) in [6.45, 7) is 12.7. The van der Waals surface area contributed by atoms with E-state index < -0.39 is 5.60 Å². The molecule has 0 radical (unpaired) electrons. The van der Waals surface area contributed by atoms with E-state index in [2.05, 4.69) is 36.2 Å². The molecule has 2 heterocycles. The van der Waals surface area contributed by atoms with Crippen LogP contribution < -0.4 is 5.32 Å². The number of carbonyl (C=O) groups is 1. The summed E-state index contributed by atoms with van der Waals surface area (Å²) in [5.41, 5.74) is 2.18. The van der Waals surface area contributed by atoms with Crippen molar-refractivity contribution in [3.63, 3.8) is 0 Å². The Bertz CT molecular complexity index is 1040. The number of aliphatic hydroxyl groups is 1. The summed E-state index contributed by atoms with van der Waals surface area (Å²) in [5.74, 6) is -0.307. The molecular weight excluding hydrogens is 364 g/mol. The SMILES string of the molecule is Cc1cccc(C(=O)Nc2cc3cn(CCC(C)(C)C)nc3cc2C(C)(C)O)n1. The molecule has 0 unspecified atom stereocenters. The van der Waals surface area contributed by atoms with Crippen LogP contribution in [0.2, 0.25) is 0 Å². The number of hydrogen-bond donors (Lipinski definition) is 2. The van der Waals surface area contributed by atoms with E-state index in [0.29, 0.717) is 16.9 Å². The number of fused-ring (bicyclic) bond motifs is 1. The largest absolute Gasteiger partial charge is 0.386 e. The quantitative estimate of drug-likeness (QED) is 0.660. The lowest BCUT2D eigenvalue weighted by Crippen LogP contribution is -2.21. The maximum absolute atomic E-state index is 12.7. The van der Waals surface area contributed by atoms with Gasteiger partial charge in [-0.2, -0.15) is 5.10 Å². The maximum atomic E-state index is 12.7. The van der Waals surface area contributed by atoms with Crippen LogP contribution in [0, 0.1) is 12.3 Å². The molecule has 0 aliphatic carbocycles. The summed E-state index contributed by atoms with van der Waals surface area (Å²) in [4.78, 5) is 17.0. The minimum Gasteiger partial charge on any atom is -0.386 e. The van der Waals surface area contributed by atoms with Crippen molar-refractivity contribution in [3.8, 4) is 0 Å². The molecule has 3 aromatic rings. The molecule has 0 spiro atoms. The number of rotatable bonds is 5. The molecule has 6 nitrogen and oxygen atoms in total. The molecule has 0 fully saturated rings. The summed E-state index contributed by atoms with van der Waals surface area (Å²) >= 11 is 0. The number of nitrogens with zero attached hydrogens (tertiary/aromatic N) is 3. The van der Waals surface area contributed by atoms with Gasteiger partial charge in [0, 0.05) is 35.1 Å². The highest BCUT2D eigenvalue weighted by molar-refractivity contribution is 6.04. The van der Waals surface area contributed by atoms with Gasteiger partial charge >= 0.3 is 0 Å². The van der Waals surface area contributed by atoms with Gasteiger partial charge in [0.05, 0.1) is 11.1 Å². The van der Waals surface area contributed by atoms with Gasteiger partial charge in [-0.25, -0.2) is 4.98 Å². The monoisotopic (exact) mass is 394 g/mol. The Morgan fingerprint density at radius 3 is 2.52 bits per heavy atom. The highest BCUT2D eigenvalue weighted by Gasteiger charge is 2.23. The molecule has 3 rings (SSSR count). The molecule has 29 heavy (non-hydrogen) atoms. The van der Waals surface area contributed by atoms with Crippen LogP contribution in [0.1, 0.15) is 62.8 Å². The molecule has 1 amide bonds. The predicted octanol–water partition coefficient (Wildman–Crippen LogP) is 4.66. The molecule has 2 aromatic heterocycles. The molecular formula is C23H30N4O2. The number of pyridine rings is 1. The van der Waals surface area contributed by atoms with Crippen LogP contribution in [0.15, 0.2) is 36.5 Å². The lowest BCUT2D eigenvalue weighted by molar-refractivity contribution is 0.0793. The van der Waals surface area contributed by atoms with E-state index in [4.69, 9.17) is 0 Å². The first-order valence-corrected chi connectivity index (χ1v) is 9.91. The fourth-order valence-electron chi connectivity index (χ4n) is 3.15. The van der Waals surface area contributed by atoms with Crippen molar-refractivity contribution in [1.82, 2.24) is 14.8 Å². The average Bonchev–Trinajstić information content (AvgIpc) is 3.00. The summed E-state index contributed by atoms with van der Waals surface area (Å²) in [6, 6.07) is 9.04. The highest BCUT2D eigenvalue weighted by atomic mass is 16.3. The molecule has 1 aromatic carbocycles. The topological polar surface area (TPSA) is 80.0 Å². The van der Waals surface area contributed by atoms with Crippen LogP contribution in [0.3, 0.4) is 0 Å². The number of amides is 1. The van der Waals surface area contributed by atoms with E-state index in [1.807, 2.05) is 36.0 Å². The first-order chi connectivity index (χ1) is 13.4. The summed E-state index contributed by atoms with van der Waals surface area (Å²) < 4.78 is 1.93. The maximum Gasteiger partial charge on any atom is 0.274 e. The lowest BCUT2D eigenvalue weighted by Gasteiger charge is -2.22. The van der Waals surface area contributed by atoms with E-state index in [1.54, 1.807) is 26.0 Å². The molecule has 0 saturated heterocycles. The van der Waals surface area contributed by atoms with Crippen LogP contribution in [0.25, 0.3) is 10.9 Å². The second-order valence-corrected chi connectivity index (χ2v) is 9.34. The van der Waals surface area contributed by atoms with E-state index >= 15 is 0 Å². The molecule has 154 valence electrons. The fourth-order valence-corrected chi connectivity index (χ4v) is 3.15. The van der Waals surface area contributed by atoms with Crippen molar-refractivity contribution < 1.29 is 9.90 Å². The van der Waals surface area contributed by atoms with Gasteiger partial charge in [-0.3, -0.25) is 9.48 Å². The zero-order valence-corrected chi connectivity index (χ0v) is 18.1. The van der Waals surface area contributed by atoms with Gasteiger partial charge in [0.15, 0.2) is 0 Å². The molecule has 0 aliphatic heterocycles. The Hall–Kier alpha value is -2.73. The molecule has 0 aliphatic rings. The smallest absolute Gasteiger partial charge is 0.274 e. The van der Waals surface area contributed by atoms with E-state index in [0.717, 1.165) is 29.6 Å². The predicted molar refractivity (Wildman–Crippen MR) is 116 cm³/mol. The van der Waals surface area contributed by atoms with Crippen LogP contribution in [0.5, 0.6) is 0 Å². The molecule has 0 saturated carbocycles. The Balaban J connectivity index is 1.97. The molecule has 0 atom stereocenters. The first-order valence-electron chi connectivity index (χ1n) is 9.91. The van der Waals surface area contributed by atoms with E-state index in [1.165, 1.54) is 0 Å². The Morgan fingerprint density at radius 2 is 1.90 bits per heavy atom. The van der Waals surface area contributed by atoms with Crippen LogP contribution in [0.4, 0.5) is 5.69 Å². The third kappa shape index (κ3) is 5.21. The minimum atomic E-state index is -1.13. The summed E-state index contributed by atoms with van der Waals surface area (Å²) in [7, 11) is 0. The number of benzene rings is 1. The van der Waals surface area contributed by atoms with Gasteiger partial charge in [-0.15, -0.1) is 0 Å². The fraction of sp³-hybridized carbons (Fsp3) is 0.435. The van der Waals surface area contributed by atoms with Gasteiger partial charge in [0.2, 0.25) is 0 Å². The molecule has 0 bridgehead atoms. The van der Waals surface area contributed by atoms with Gasteiger partial charge in [-0.1, -0.05) is 26.8 Å². The van der Waals surface area contributed by atoms with Crippen molar-refractivity contribution >= 4 is 22.5 Å². The Morgan fingerprint density at radius 1 is 1.17 bits per heavy atom. The zero-order valence-electron chi connectivity index (χ0n) is 18.1. The van der Waals surface area contributed by atoms with E-state index in [-0.39, 0.29) is 11.3 Å². The van der Waals surface area contributed by atoms with Crippen molar-refractivity contribution in [2.45, 2.75) is 60.1 Å². The Labute approximate surface area is 172 Å². The van der Waals surface area contributed by atoms with Crippen molar-refractivity contribution in [1.29, 1.82) is 0 Å². The van der Waals surface area contributed by atoms with Crippen molar-refractivity contribution in [2.24, 2.45) is 5.41 Å².